The van der Waals surface area contributed by atoms with Crippen molar-refractivity contribution in [1.29, 1.82) is 0 Å². The Morgan fingerprint density at radius 3 is 2.53 bits per heavy atom. The van der Waals surface area contributed by atoms with E-state index in [4.69, 9.17) is 5.73 Å². The molecule has 1 aliphatic heterocycles. The maximum absolute atomic E-state index is 11.9. The molecule has 0 bridgehead atoms. The second-order valence-corrected chi connectivity index (χ2v) is 7.06. The van der Waals surface area contributed by atoms with Crippen LogP contribution in [0.4, 0.5) is 0 Å². The van der Waals surface area contributed by atoms with Crippen LogP contribution in [0.1, 0.15) is 33.6 Å². The van der Waals surface area contributed by atoms with Gasteiger partial charge in [-0.15, -0.1) is 0 Å². The van der Waals surface area contributed by atoms with Crippen LogP contribution in [0.15, 0.2) is 0 Å². The predicted molar refractivity (Wildman–Crippen MR) is 62.0 cm³/mol. The Bertz CT molecular complexity index is 301. The van der Waals surface area contributed by atoms with Crippen molar-refractivity contribution in [2.24, 2.45) is 11.7 Å². The highest BCUT2D eigenvalue weighted by molar-refractivity contribution is 7.89. The third kappa shape index (κ3) is 2.71. The molecule has 1 saturated heterocycles. The Kier molecular flexibility index (Phi) is 4.14. The lowest BCUT2D eigenvalue weighted by Gasteiger charge is -2.36. The zero-order chi connectivity index (χ0) is 11.6. The number of rotatable bonds is 3. The summed E-state index contributed by atoms with van der Waals surface area (Å²) in [6.45, 7) is 6.70. The van der Waals surface area contributed by atoms with Gasteiger partial charge in [0.2, 0.25) is 10.0 Å². The molecule has 1 heterocycles. The lowest BCUT2D eigenvalue weighted by Crippen LogP contribution is -2.50. The van der Waals surface area contributed by atoms with E-state index in [2.05, 4.69) is 6.92 Å². The second kappa shape index (κ2) is 4.80. The molecule has 0 unspecified atom stereocenters. The number of nitrogens with two attached hydrogens (primary N) is 1. The van der Waals surface area contributed by atoms with Gasteiger partial charge in [-0.3, -0.25) is 0 Å². The van der Waals surface area contributed by atoms with Gasteiger partial charge >= 0.3 is 0 Å². The highest BCUT2D eigenvalue weighted by atomic mass is 32.2. The van der Waals surface area contributed by atoms with Crippen LogP contribution in [-0.4, -0.2) is 37.1 Å². The van der Waals surface area contributed by atoms with Gasteiger partial charge in [0.25, 0.3) is 0 Å². The third-order valence-corrected chi connectivity index (χ3v) is 5.48. The van der Waals surface area contributed by atoms with E-state index in [1.54, 1.807) is 18.2 Å². The summed E-state index contributed by atoms with van der Waals surface area (Å²) in [7, 11) is -3.09. The van der Waals surface area contributed by atoms with Crippen molar-refractivity contribution in [3.63, 3.8) is 0 Å². The topological polar surface area (TPSA) is 63.4 Å². The predicted octanol–water partition coefficient (Wildman–Crippen LogP) is 0.784. The summed E-state index contributed by atoms with van der Waals surface area (Å²) in [5.41, 5.74) is 5.95. The van der Waals surface area contributed by atoms with Gasteiger partial charge < -0.3 is 5.73 Å². The molecule has 0 aromatic heterocycles. The molecule has 0 aliphatic carbocycles. The van der Waals surface area contributed by atoms with Gasteiger partial charge in [-0.05, 0) is 26.2 Å². The molecule has 0 amide bonds. The maximum atomic E-state index is 11.9. The molecule has 1 rings (SSSR count). The fraction of sp³-hybridized carbons (Fsp3) is 1.00. The van der Waals surface area contributed by atoms with E-state index in [0.717, 1.165) is 12.8 Å². The van der Waals surface area contributed by atoms with Crippen LogP contribution in [0.3, 0.4) is 0 Å². The van der Waals surface area contributed by atoms with Crippen molar-refractivity contribution >= 4 is 10.0 Å². The third-order valence-electron chi connectivity index (χ3n) is 3.24. The summed E-state index contributed by atoms with van der Waals surface area (Å²) in [6, 6.07) is 0.161. The van der Waals surface area contributed by atoms with Crippen molar-refractivity contribution in [3.8, 4) is 0 Å². The van der Waals surface area contributed by atoms with Gasteiger partial charge in [-0.1, -0.05) is 13.3 Å². The maximum Gasteiger partial charge on any atom is 0.216 e. The first-order valence-corrected chi connectivity index (χ1v) is 7.14. The molecule has 4 nitrogen and oxygen atoms in total. The molecular formula is C10H22N2O2S. The van der Waals surface area contributed by atoms with Crippen LogP contribution >= 0.6 is 0 Å². The number of nitrogens with zero attached hydrogens (tertiary/aromatic N) is 1. The SMILES string of the molecule is CC[C@H]1CN(S(=O)(=O)C(C)C)CC[C@@H]1N. The molecule has 5 heteroatoms. The first kappa shape index (κ1) is 12.9. The molecule has 1 fully saturated rings. The van der Waals surface area contributed by atoms with Gasteiger partial charge in [-0.25, -0.2) is 12.7 Å². The van der Waals surface area contributed by atoms with E-state index in [1.165, 1.54) is 0 Å². The fourth-order valence-electron chi connectivity index (χ4n) is 1.98. The van der Waals surface area contributed by atoms with Crippen LogP contribution in [-0.2, 0) is 10.0 Å². The molecule has 90 valence electrons. The van der Waals surface area contributed by atoms with Crippen LogP contribution in [0, 0.1) is 5.92 Å². The number of hydrogen-bond acceptors (Lipinski definition) is 3. The van der Waals surface area contributed by atoms with Crippen molar-refractivity contribution in [3.05, 3.63) is 0 Å². The minimum absolute atomic E-state index is 0.161. The second-order valence-electron chi connectivity index (χ2n) is 4.57. The van der Waals surface area contributed by atoms with Gasteiger partial charge in [0, 0.05) is 19.1 Å². The van der Waals surface area contributed by atoms with E-state index in [0.29, 0.717) is 19.0 Å². The van der Waals surface area contributed by atoms with Gasteiger partial charge in [-0.2, -0.15) is 0 Å². The number of sulfonamides is 1. The number of hydrogen-bond donors (Lipinski definition) is 1. The molecule has 0 radical (unpaired) electrons. The Labute approximate surface area is 92.9 Å². The summed E-state index contributed by atoms with van der Waals surface area (Å²) in [5, 5.41) is -0.329. The molecule has 0 spiro atoms. The lowest BCUT2D eigenvalue weighted by atomic mass is 9.92. The Hall–Kier alpha value is -0.130. The highest BCUT2D eigenvalue weighted by Crippen LogP contribution is 2.22. The van der Waals surface area contributed by atoms with E-state index in [-0.39, 0.29) is 11.3 Å². The lowest BCUT2D eigenvalue weighted by molar-refractivity contribution is 0.229. The summed E-state index contributed by atoms with van der Waals surface area (Å²) in [5.74, 6) is 0.312. The molecule has 0 saturated carbocycles. The van der Waals surface area contributed by atoms with Crippen LogP contribution in [0.25, 0.3) is 0 Å². The first-order chi connectivity index (χ1) is 6.89. The minimum Gasteiger partial charge on any atom is -0.327 e. The zero-order valence-electron chi connectivity index (χ0n) is 9.81. The molecular weight excluding hydrogens is 212 g/mol. The van der Waals surface area contributed by atoms with Gasteiger partial charge in [0.15, 0.2) is 0 Å². The summed E-state index contributed by atoms with van der Waals surface area (Å²) >= 11 is 0. The Balaban J connectivity index is 2.75. The summed E-state index contributed by atoms with van der Waals surface area (Å²) < 4.78 is 25.5. The Morgan fingerprint density at radius 2 is 2.07 bits per heavy atom. The smallest absolute Gasteiger partial charge is 0.216 e. The molecule has 15 heavy (non-hydrogen) atoms. The fourth-order valence-corrected chi connectivity index (χ4v) is 3.33. The van der Waals surface area contributed by atoms with E-state index in [1.807, 2.05) is 0 Å². The largest absolute Gasteiger partial charge is 0.327 e. The molecule has 0 aromatic rings. The van der Waals surface area contributed by atoms with Crippen molar-refractivity contribution in [2.45, 2.75) is 44.9 Å². The van der Waals surface area contributed by atoms with Crippen molar-refractivity contribution in [2.75, 3.05) is 13.1 Å². The highest BCUT2D eigenvalue weighted by Gasteiger charge is 2.33. The van der Waals surface area contributed by atoms with E-state index in [9.17, 15) is 8.42 Å². The summed E-state index contributed by atoms with van der Waals surface area (Å²) in [6.07, 6.45) is 1.73. The molecule has 2 atom stereocenters. The van der Waals surface area contributed by atoms with Crippen LogP contribution in [0.5, 0.6) is 0 Å². The van der Waals surface area contributed by atoms with Gasteiger partial charge in [0.1, 0.15) is 0 Å². The average Bonchev–Trinajstić information content (AvgIpc) is 2.18. The monoisotopic (exact) mass is 234 g/mol. The quantitative estimate of drug-likeness (QED) is 0.785. The Morgan fingerprint density at radius 1 is 1.47 bits per heavy atom. The molecule has 0 aromatic carbocycles. The van der Waals surface area contributed by atoms with Gasteiger partial charge in [0.05, 0.1) is 5.25 Å². The normalized spacial score (nSPS) is 29.7. The van der Waals surface area contributed by atoms with Crippen LogP contribution in [0.2, 0.25) is 0 Å². The standard InChI is InChI=1S/C10H22N2O2S/c1-4-9-7-12(6-5-10(9)11)15(13,14)8(2)3/h8-10H,4-7,11H2,1-3H3/t9-,10-/m0/s1. The minimum atomic E-state index is -3.09. The van der Waals surface area contributed by atoms with Crippen molar-refractivity contribution in [1.82, 2.24) is 4.31 Å². The van der Waals surface area contributed by atoms with E-state index >= 15 is 0 Å². The van der Waals surface area contributed by atoms with Crippen LogP contribution < -0.4 is 5.73 Å². The zero-order valence-corrected chi connectivity index (χ0v) is 10.6. The average molecular weight is 234 g/mol. The van der Waals surface area contributed by atoms with Crippen molar-refractivity contribution < 1.29 is 8.42 Å². The molecule has 1 aliphatic rings. The van der Waals surface area contributed by atoms with E-state index < -0.39 is 10.0 Å². The number of piperidine rings is 1. The summed E-state index contributed by atoms with van der Waals surface area (Å²) in [4.78, 5) is 0. The first-order valence-electron chi connectivity index (χ1n) is 5.64. The molecule has 2 N–H and O–H groups in total.